The van der Waals surface area contributed by atoms with E-state index in [1.165, 1.54) is 12.4 Å². The molecule has 0 radical (unpaired) electrons. The molecule has 8 heteroatoms. The zero-order valence-electron chi connectivity index (χ0n) is 15.4. The van der Waals surface area contributed by atoms with E-state index in [1.54, 1.807) is 34.2 Å². The third-order valence-corrected chi connectivity index (χ3v) is 6.53. The van der Waals surface area contributed by atoms with Crippen LogP contribution in [0.15, 0.2) is 71.9 Å². The quantitative estimate of drug-likeness (QED) is 0.438. The maximum Gasteiger partial charge on any atom is 0.226 e. The van der Waals surface area contributed by atoms with E-state index in [2.05, 4.69) is 15.4 Å². The van der Waals surface area contributed by atoms with E-state index in [4.69, 9.17) is 16.3 Å². The van der Waals surface area contributed by atoms with E-state index >= 15 is 0 Å². The predicted molar refractivity (Wildman–Crippen MR) is 114 cm³/mol. The van der Waals surface area contributed by atoms with Gasteiger partial charge in [0.05, 0.1) is 5.70 Å². The highest BCUT2D eigenvalue weighted by Crippen LogP contribution is 2.51. The summed E-state index contributed by atoms with van der Waals surface area (Å²) in [5, 5.41) is 10.4. The first-order valence-corrected chi connectivity index (χ1v) is 10.6. The van der Waals surface area contributed by atoms with E-state index in [9.17, 15) is 4.39 Å². The first-order chi connectivity index (χ1) is 14.7. The Morgan fingerprint density at radius 2 is 2.03 bits per heavy atom. The zero-order valence-corrected chi connectivity index (χ0v) is 17.0. The average molecular weight is 437 g/mol. The molecule has 1 N–H and O–H groups in total. The summed E-state index contributed by atoms with van der Waals surface area (Å²) >= 11 is 7.90. The van der Waals surface area contributed by atoms with Crippen LogP contribution in [-0.4, -0.2) is 14.8 Å². The number of halogens is 2. The summed E-state index contributed by atoms with van der Waals surface area (Å²) in [7, 11) is 0. The summed E-state index contributed by atoms with van der Waals surface area (Å²) < 4.78 is 23.2. The standard InChI is InChI=1S/C22H14ClFN4OS/c23-12-7-8-16-14(10-12)19-18(21(29-16)17-6-3-9-30-17)20(13-4-1-2-5-15(13)24)28-22(27-19)25-11-26-28/h1-11,20-21H,(H,25,26,27). The minimum absolute atomic E-state index is 0.306. The monoisotopic (exact) mass is 436 g/mol. The molecule has 2 aromatic carbocycles. The minimum atomic E-state index is -0.515. The molecule has 2 aliphatic rings. The average Bonchev–Trinajstić information content (AvgIpc) is 3.44. The van der Waals surface area contributed by atoms with Gasteiger partial charge in [0.25, 0.3) is 0 Å². The lowest BCUT2D eigenvalue weighted by molar-refractivity contribution is 0.226. The van der Waals surface area contributed by atoms with Crippen molar-refractivity contribution in [2.75, 3.05) is 5.32 Å². The fourth-order valence-electron chi connectivity index (χ4n) is 4.12. The number of ether oxygens (including phenoxy) is 1. The van der Waals surface area contributed by atoms with E-state index in [0.29, 0.717) is 22.3 Å². The number of benzene rings is 2. The van der Waals surface area contributed by atoms with Gasteiger partial charge in [0, 0.05) is 26.6 Å². The van der Waals surface area contributed by atoms with Gasteiger partial charge in [-0.05, 0) is 35.7 Å². The van der Waals surface area contributed by atoms with Gasteiger partial charge >= 0.3 is 0 Å². The first kappa shape index (κ1) is 17.7. The van der Waals surface area contributed by atoms with Gasteiger partial charge in [0.1, 0.15) is 23.9 Å². The Morgan fingerprint density at radius 1 is 1.13 bits per heavy atom. The molecule has 0 saturated heterocycles. The molecular weight excluding hydrogens is 423 g/mol. The Bertz CT molecular complexity index is 1300. The number of hydrogen-bond acceptors (Lipinski definition) is 5. The lowest BCUT2D eigenvalue weighted by atomic mass is 9.86. The minimum Gasteiger partial charge on any atom is -0.480 e. The van der Waals surface area contributed by atoms with E-state index < -0.39 is 12.1 Å². The number of anilines is 1. The summed E-state index contributed by atoms with van der Waals surface area (Å²) in [4.78, 5) is 5.37. The summed E-state index contributed by atoms with van der Waals surface area (Å²) in [5.74, 6) is 0.948. The molecule has 0 bridgehead atoms. The van der Waals surface area contributed by atoms with Gasteiger partial charge in [0.15, 0.2) is 6.10 Å². The van der Waals surface area contributed by atoms with Gasteiger partial charge in [-0.15, -0.1) is 11.3 Å². The second-order valence-electron chi connectivity index (χ2n) is 7.06. The third-order valence-electron chi connectivity index (χ3n) is 5.38. The molecule has 0 saturated carbocycles. The smallest absolute Gasteiger partial charge is 0.226 e. The number of fused-ring (bicyclic) bond motifs is 3. The van der Waals surface area contributed by atoms with Crippen LogP contribution in [0.4, 0.5) is 10.3 Å². The van der Waals surface area contributed by atoms with Gasteiger partial charge in [0.2, 0.25) is 5.95 Å². The van der Waals surface area contributed by atoms with Crippen LogP contribution in [0.25, 0.3) is 5.70 Å². The molecule has 148 valence electrons. The Hall–Kier alpha value is -3.16. The molecule has 0 amide bonds. The predicted octanol–water partition coefficient (Wildman–Crippen LogP) is 5.69. The second-order valence-corrected chi connectivity index (χ2v) is 8.48. The van der Waals surface area contributed by atoms with Crippen molar-refractivity contribution < 1.29 is 9.13 Å². The molecule has 4 aromatic rings. The summed E-state index contributed by atoms with van der Waals surface area (Å²) in [6, 6.07) is 15.8. The van der Waals surface area contributed by atoms with Crippen LogP contribution in [0, 0.1) is 5.82 Å². The number of nitrogens with one attached hydrogen (secondary N) is 1. The SMILES string of the molecule is Fc1ccccc1C1C2=C(Nc3ncnn31)c1cc(Cl)ccc1OC2c1cccs1. The lowest BCUT2D eigenvalue weighted by Gasteiger charge is -2.38. The van der Waals surface area contributed by atoms with Crippen molar-refractivity contribution in [3.05, 3.63) is 98.7 Å². The van der Waals surface area contributed by atoms with E-state index in [0.717, 1.165) is 21.7 Å². The highest BCUT2D eigenvalue weighted by Gasteiger charge is 2.42. The van der Waals surface area contributed by atoms with Crippen LogP contribution < -0.4 is 10.1 Å². The van der Waals surface area contributed by atoms with Crippen molar-refractivity contribution in [3.8, 4) is 5.75 Å². The molecule has 30 heavy (non-hydrogen) atoms. The van der Waals surface area contributed by atoms with Crippen molar-refractivity contribution >= 4 is 34.6 Å². The highest BCUT2D eigenvalue weighted by molar-refractivity contribution is 7.10. The molecule has 4 heterocycles. The fourth-order valence-corrected chi connectivity index (χ4v) is 5.06. The van der Waals surface area contributed by atoms with Gasteiger partial charge < -0.3 is 10.1 Å². The Kier molecular flexibility index (Phi) is 3.94. The maximum absolute atomic E-state index is 15.0. The molecule has 0 fully saturated rings. The van der Waals surface area contributed by atoms with Crippen LogP contribution in [0.1, 0.15) is 28.1 Å². The molecule has 2 aliphatic heterocycles. The lowest BCUT2D eigenvalue weighted by Crippen LogP contribution is -2.32. The Labute approximate surface area is 180 Å². The van der Waals surface area contributed by atoms with Crippen LogP contribution >= 0.6 is 22.9 Å². The largest absolute Gasteiger partial charge is 0.480 e. The fraction of sp³-hybridized carbons (Fsp3) is 0.0909. The van der Waals surface area contributed by atoms with Crippen molar-refractivity contribution in [1.82, 2.24) is 14.8 Å². The number of rotatable bonds is 2. The van der Waals surface area contributed by atoms with Crippen LogP contribution in [0.2, 0.25) is 5.02 Å². The topological polar surface area (TPSA) is 52.0 Å². The van der Waals surface area contributed by atoms with Crippen LogP contribution in [0.5, 0.6) is 5.75 Å². The number of hydrogen-bond donors (Lipinski definition) is 1. The molecule has 0 spiro atoms. The van der Waals surface area contributed by atoms with Crippen molar-refractivity contribution in [2.24, 2.45) is 0 Å². The highest BCUT2D eigenvalue weighted by atomic mass is 35.5. The molecule has 2 atom stereocenters. The molecule has 2 unspecified atom stereocenters. The van der Waals surface area contributed by atoms with Gasteiger partial charge in [-0.3, -0.25) is 0 Å². The van der Waals surface area contributed by atoms with Gasteiger partial charge in [-0.25, -0.2) is 9.07 Å². The van der Waals surface area contributed by atoms with Gasteiger partial charge in [-0.1, -0.05) is 35.9 Å². The summed E-state index contributed by atoms with van der Waals surface area (Å²) in [5.41, 5.74) is 3.02. The summed E-state index contributed by atoms with van der Waals surface area (Å²) in [6.45, 7) is 0. The van der Waals surface area contributed by atoms with E-state index in [-0.39, 0.29) is 5.82 Å². The third kappa shape index (κ3) is 2.59. The number of aromatic nitrogens is 3. The van der Waals surface area contributed by atoms with Crippen molar-refractivity contribution in [2.45, 2.75) is 12.1 Å². The normalized spacial score (nSPS) is 19.4. The molecule has 0 aliphatic carbocycles. The number of thiophene rings is 1. The molecule has 6 rings (SSSR count). The Balaban J connectivity index is 1.67. The first-order valence-electron chi connectivity index (χ1n) is 9.35. The van der Waals surface area contributed by atoms with Crippen molar-refractivity contribution in [3.63, 3.8) is 0 Å². The van der Waals surface area contributed by atoms with Gasteiger partial charge in [-0.2, -0.15) is 10.1 Å². The van der Waals surface area contributed by atoms with E-state index in [1.807, 2.05) is 35.7 Å². The number of nitrogens with zero attached hydrogens (tertiary/aromatic N) is 3. The van der Waals surface area contributed by atoms with Crippen LogP contribution in [-0.2, 0) is 0 Å². The zero-order chi connectivity index (χ0) is 20.2. The Morgan fingerprint density at radius 3 is 2.87 bits per heavy atom. The van der Waals surface area contributed by atoms with Crippen LogP contribution in [0.3, 0.4) is 0 Å². The molecule has 5 nitrogen and oxygen atoms in total. The summed E-state index contributed by atoms with van der Waals surface area (Å²) in [6.07, 6.45) is 1.07. The van der Waals surface area contributed by atoms with Crippen molar-refractivity contribution in [1.29, 1.82) is 0 Å². The maximum atomic E-state index is 15.0. The second kappa shape index (κ2) is 6.68. The molecule has 2 aromatic heterocycles. The molecular formula is C22H14ClFN4OS.